The molecule has 0 heterocycles. The average molecular weight is 195 g/mol. The van der Waals surface area contributed by atoms with E-state index in [2.05, 4.69) is 19.2 Å². The first-order valence-corrected chi connectivity index (χ1v) is 6.44. The number of hydrogen-bond acceptors (Lipinski definition) is 1. The zero-order valence-corrected chi connectivity index (χ0v) is 9.81. The topological polar surface area (TPSA) is 12.0 Å². The minimum Gasteiger partial charge on any atom is -0.314 e. The van der Waals surface area contributed by atoms with E-state index in [1.807, 2.05) is 0 Å². The maximum Gasteiger partial charge on any atom is 0.00777 e. The molecule has 0 bridgehead atoms. The van der Waals surface area contributed by atoms with Crippen molar-refractivity contribution in [2.24, 2.45) is 11.3 Å². The van der Waals surface area contributed by atoms with E-state index in [9.17, 15) is 0 Å². The van der Waals surface area contributed by atoms with Crippen molar-refractivity contribution in [3.63, 3.8) is 0 Å². The van der Waals surface area contributed by atoms with Gasteiger partial charge in [-0.05, 0) is 43.6 Å². The van der Waals surface area contributed by atoms with Crippen LogP contribution in [0, 0.1) is 11.3 Å². The van der Waals surface area contributed by atoms with Crippen LogP contribution in [0.5, 0.6) is 0 Å². The van der Waals surface area contributed by atoms with Crippen LogP contribution in [-0.4, -0.2) is 12.6 Å². The quantitative estimate of drug-likeness (QED) is 0.728. The highest BCUT2D eigenvalue weighted by Crippen LogP contribution is 2.51. The molecule has 1 nitrogen and oxygen atoms in total. The maximum atomic E-state index is 3.69. The standard InChI is InChI=1S/C13H25N/c1-11(2)10-14-12-8-13(9-12)6-4-3-5-7-13/h11-12,14H,3-10H2,1-2H3. The molecule has 0 radical (unpaired) electrons. The first-order chi connectivity index (χ1) is 6.70. The van der Waals surface area contributed by atoms with Gasteiger partial charge in [0.2, 0.25) is 0 Å². The van der Waals surface area contributed by atoms with Gasteiger partial charge in [0.05, 0.1) is 0 Å². The minimum atomic E-state index is 0.799. The van der Waals surface area contributed by atoms with E-state index in [0.717, 1.165) is 17.4 Å². The molecule has 0 atom stereocenters. The molecule has 2 aliphatic rings. The van der Waals surface area contributed by atoms with Crippen LogP contribution in [0.3, 0.4) is 0 Å². The van der Waals surface area contributed by atoms with Crippen LogP contribution in [0.25, 0.3) is 0 Å². The van der Waals surface area contributed by atoms with Gasteiger partial charge >= 0.3 is 0 Å². The highest BCUT2D eigenvalue weighted by atomic mass is 14.9. The Kier molecular flexibility index (Phi) is 3.16. The molecule has 14 heavy (non-hydrogen) atoms. The number of hydrogen-bond donors (Lipinski definition) is 1. The van der Waals surface area contributed by atoms with Gasteiger partial charge < -0.3 is 5.32 Å². The predicted octanol–water partition coefficient (Wildman–Crippen LogP) is 3.34. The highest BCUT2D eigenvalue weighted by Gasteiger charge is 2.43. The Morgan fingerprint density at radius 1 is 1.14 bits per heavy atom. The molecule has 1 N–H and O–H groups in total. The van der Waals surface area contributed by atoms with Crippen LogP contribution < -0.4 is 5.32 Å². The van der Waals surface area contributed by atoms with Crippen LogP contribution in [0.15, 0.2) is 0 Å². The molecule has 2 fully saturated rings. The second-order valence-corrected chi connectivity index (χ2v) is 5.97. The van der Waals surface area contributed by atoms with Crippen molar-refractivity contribution < 1.29 is 0 Å². The Morgan fingerprint density at radius 3 is 2.36 bits per heavy atom. The fraction of sp³-hybridized carbons (Fsp3) is 1.00. The average Bonchev–Trinajstić information content (AvgIpc) is 2.12. The van der Waals surface area contributed by atoms with Gasteiger partial charge in [-0.1, -0.05) is 33.1 Å². The fourth-order valence-corrected chi connectivity index (χ4v) is 3.24. The summed E-state index contributed by atoms with van der Waals surface area (Å²) in [6, 6.07) is 0.857. The Labute approximate surface area is 88.7 Å². The maximum absolute atomic E-state index is 3.69. The molecule has 2 aliphatic carbocycles. The van der Waals surface area contributed by atoms with Gasteiger partial charge in [0.25, 0.3) is 0 Å². The van der Waals surface area contributed by atoms with Crippen molar-refractivity contribution in [3.05, 3.63) is 0 Å². The normalized spacial score (nSPS) is 26.8. The molecule has 0 aliphatic heterocycles. The smallest absolute Gasteiger partial charge is 0.00777 e. The fourth-order valence-electron chi connectivity index (χ4n) is 3.24. The van der Waals surface area contributed by atoms with Crippen molar-refractivity contribution in [1.29, 1.82) is 0 Å². The van der Waals surface area contributed by atoms with Crippen molar-refractivity contribution >= 4 is 0 Å². The van der Waals surface area contributed by atoms with Gasteiger partial charge in [-0.25, -0.2) is 0 Å². The largest absolute Gasteiger partial charge is 0.314 e. The van der Waals surface area contributed by atoms with E-state index in [0.29, 0.717) is 0 Å². The summed E-state index contributed by atoms with van der Waals surface area (Å²) in [7, 11) is 0. The van der Waals surface area contributed by atoms with Gasteiger partial charge in [-0.2, -0.15) is 0 Å². The second-order valence-electron chi connectivity index (χ2n) is 5.97. The lowest BCUT2D eigenvalue weighted by Gasteiger charge is -2.51. The summed E-state index contributed by atoms with van der Waals surface area (Å²) < 4.78 is 0. The SMILES string of the molecule is CC(C)CNC1CC2(CCCCC2)C1. The van der Waals surface area contributed by atoms with E-state index in [1.54, 1.807) is 0 Å². The van der Waals surface area contributed by atoms with E-state index in [-0.39, 0.29) is 0 Å². The molecule has 0 unspecified atom stereocenters. The van der Waals surface area contributed by atoms with Crippen LogP contribution in [0.1, 0.15) is 58.8 Å². The summed E-state index contributed by atoms with van der Waals surface area (Å²) in [5.41, 5.74) is 0.799. The lowest BCUT2D eigenvalue weighted by atomic mass is 9.58. The van der Waals surface area contributed by atoms with Gasteiger partial charge in [-0.3, -0.25) is 0 Å². The Hall–Kier alpha value is -0.0400. The highest BCUT2D eigenvalue weighted by molar-refractivity contribution is 4.98. The zero-order valence-electron chi connectivity index (χ0n) is 9.81. The monoisotopic (exact) mass is 195 g/mol. The van der Waals surface area contributed by atoms with Crippen LogP contribution in [-0.2, 0) is 0 Å². The lowest BCUT2D eigenvalue weighted by molar-refractivity contribution is 0.0375. The Bertz CT molecular complexity index is 172. The summed E-state index contributed by atoms with van der Waals surface area (Å²) in [4.78, 5) is 0. The molecular formula is C13H25N. The molecule has 0 aromatic carbocycles. The molecule has 1 heteroatoms. The first kappa shape index (κ1) is 10.5. The van der Waals surface area contributed by atoms with E-state index < -0.39 is 0 Å². The molecule has 2 saturated carbocycles. The molecule has 82 valence electrons. The van der Waals surface area contributed by atoms with Crippen molar-refractivity contribution in [2.75, 3.05) is 6.54 Å². The van der Waals surface area contributed by atoms with Gasteiger partial charge in [0.1, 0.15) is 0 Å². The first-order valence-electron chi connectivity index (χ1n) is 6.44. The number of rotatable bonds is 3. The summed E-state index contributed by atoms with van der Waals surface area (Å²) in [6.45, 7) is 5.80. The predicted molar refractivity (Wildman–Crippen MR) is 61.4 cm³/mol. The van der Waals surface area contributed by atoms with Crippen molar-refractivity contribution in [2.45, 2.75) is 64.8 Å². The zero-order chi connectivity index (χ0) is 10.0. The molecule has 0 aromatic rings. The summed E-state index contributed by atoms with van der Waals surface area (Å²) in [5.74, 6) is 0.804. The van der Waals surface area contributed by atoms with Crippen LogP contribution in [0.2, 0.25) is 0 Å². The van der Waals surface area contributed by atoms with Crippen molar-refractivity contribution in [3.8, 4) is 0 Å². The van der Waals surface area contributed by atoms with E-state index >= 15 is 0 Å². The molecule has 0 aromatic heterocycles. The summed E-state index contributed by atoms with van der Waals surface area (Å²) in [6.07, 6.45) is 10.5. The lowest BCUT2D eigenvalue weighted by Crippen LogP contribution is -2.50. The van der Waals surface area contributed by atoms with E-state index in [4.69, 9.17) is 0 Å². The molecule has 0 saturated heterocycles. The molecule has 2 rings (SSSR count). The third-order valence-corrected chi connectivity index (χ3v) is 4.09. The van der Waals surface area contributed by atoms with Gasteiger partial charge in [0, 0.05) is 6.04 Å². The minimum absolute atomic E-state index is 0.799. The Morgan fingerprint density at radius 2 is 1.79 bits per heavy atom. The molecule has 1 spiro atoms. The van der Waals surface area contributed by atoms with Crippen molar-refractivity contribution in [1.82, 2.24) is 5.32 Å². The summed E-state index contributed by atoms with van der Waals surface area (Å²) in [5, 5.41) is 3.69. The Balaban J connectivity index is 1.67. The summed E-state index contributed by atoms with van der Waals surface area (Å²) >= 11 is 0. The van der Waals surface area contributed by atoms with Gasteiger partial charge in [-0.15, -0.1) is 0 Å². The molecular weight excluding hydrogens is 170 g/mol. The van der Waals surface area contributed by atoms with Crippen LogP contribution in [0.4, 0.5) is 0 Å². The third-order valence-electron chi connectivity index (χ3n) is 4.09. The van der Waals surface area contributed by atoms with E-state index in [1.165, 1.54) is 51.5 Å². The number of nitrogens with one attached hydrogen (secondary N) is 1. The second kappa shape index (κ2) is 4.22. The molecule has 0 amide bonds. The third kappa shape index (κ3) is 2.31. The van der Waals surface area contributed by atoms with Crippen LogP contribution >= 0.6 is 0 Å². The van der Waals surface area contributed by atoms with Gasteiger partial charge in [0.15, 0.2) is 0 Å².